The van der Waals surface area contributed by atoms with E-state index in [1.165, 1.54) is 0 Å². The molecule has 0 amide bonds. The number of imidazole rings is 1. The zero-order chi connectivity index (χ0) is 20.2. The van der Waals surface area contributed by atoms with Crippen molar-refractivity contribution in [2.24, 2.45) is 0 Å². The van der Waals surface area contributed by atoms with Crippen molar-refractivity contribution in [2.45, 2.75) is 17.5 Å². The number of nitrogens with one attached hydrogen (secondary N) is 2. The topological polar surface area (TPSA) is 71.4 Å². The molecule has 5 rings (SSSR count). The van der Waals surface area contributed by atoms with Gasteiger partial charge in [-0.25, -0.2) is 4.98 Å². The molecule has 30 heavy (non-hydrogen) atoms. The number of hydrogen-bond acceptors (Lipinski definition) is 5. The highest BCUT2D eigenvalue weighted by molar-refractivity contribution is 7.98. The quantitative estimate of drug-likeness (QED) is 0.366. The van der Waals surface area contributed by atoms with Gasteiger partial charge in [-0.2, -0.15) is 0 Å². The lowest BCUT2D eigenvalue weighted by Crippen LogP contribution is -2.08. The van der Waals surface area contributed by atoms with E-state index in [4.69, 9.17) is 0 Å². The zero-order valence-corrected chi connectivity index (χ0v) is 17.0. The Morgan fingerprint density at radius 2 is 1.57 bits per heavy atom. The number of aromatic nitrogens is 5. The van der Waals surface area contributed by atoms with E-state index in [9.17, 15) is 0 Å². The third kappa shape index (κ3) is 3.92. The van der Waals surface area contributed by atoms with Gasteiger partial charge < -0.3 is 10.3 Å². The van der Waals surface area contributed by atoms with Gasteiger partial charge in [0.15, 0.2) is 11.0 Å². The molecule has 0 atom stereocenters. The summed E-state index contributed by atoms with van der Waals surface area (Å²) in [4.78, 5) is 8.04. The van der Waals surface area contributed by atoms with E-state index in [1.807, 2.05) is 72.8 Å². The van der Waals surface area contributed by atoms with E-state index in [0.717, 1.165) is 39.2 Å². The van der Waals surface area contributed by atoms with Crippen LogP contribution in [-0.4, -0.2) is 24.7 Å². The van der Waals surface area contributed by atoms with Crippen molar-refractivity contribution >= 4 is 28.5 Å². The number of para-hydroxylation sites is 4. The summed E-state index contributed by atoms with van der Waals surface area (Å²) >= 11 is 1.62. The van der Waals surface area contributed by atoms with E-state index in [1.54, 1.807) is 11.8 Å². The number of anilines is 1. The van der Waals surface area contributed by atoms with Crippen LogP contribution >= 0.6 is 11.8 Å². The predicted molar refractivity (Wildman–Crippen MR) is 121 cm³/mol. The van der Waals surface area contributed by atoms with Crippen molar-refractivity contribution in [3.8, 4) is 5.69 Å². The van der Waals surface area contributed by atoms with Crippen molar-refractivity contribution in [1.29, 1.82) is 0 Å². The molecule has 2 N–H and O–H groups in total. The molecule has 6 nitrogen and oxygen atoms in total. The molecule has 0 unspecified atom stereocenters. The molecule has 0 saturated heterocycles. The molecule has 0 aliphatic rings. The Hall–Kier alpha value is -3.58. The molecule has 0 bridgehead atoms. The van der Waals surface area contributed by atoms with Crippen LogP contribution in [0.2, 0.25) is 0 Å². The van der Waals surface area contributed by atoms with Crippen LogP contribution in [0.4, 0.5) is 5.69 Å². The Balaban J connectivity index is 1.40. The molecule has 0 fully saturated rings. The highest BCUT2D eigenvalue weighted by Gasteiger charge is 2.15. The number of thioether (sulfide) groups is 1. The third-order valence-electron chi connectivity index (χ3n) is 4.72. The van der Waals surface area contributed by atoms with E-state index in [0.29, 0.717) is 12.3 Å². The van der Waals surface area contributed by atoms with Crippen LogP contribution in [0.25, 0.3) is 16.7 Å². The normalized spacial score (nSPS) is 11.1. The molecule has 0 aliphatic carbocycles. The monoisotopic (exact) mass is 412 g/mol. The Kier molecular flexibility index (Phi) is 5.18. The highest BCUT2D eigenvalue weighted by atomic mass is 32.2. The summed E-state index contributed by atoms with van der Waals surface area (Å²) in [5, 5.41) is 13.2. The minimum Gasteiger partial charge on any atom is -0.378 e. The molecule has 0 spiro atoms. The summed E-state index contributed by atoms with van der Waals surface area (Å²) in [6, 6.07) is 28.4. The van der Waals surface area contributed by atoms with Gasteiger partial charge in [0.1, 0.15) is 5.82 Å². The van der Waals surface area contributed by atoms with Gasteiger partial charge in [-0.3, -0.25) is 4.57 Å². The van der Waals surface area contributed by atoms with Gasteiger partial charge in [-0.05, 0) is 36.4 Å². The van der Waals surface area contributed by atoms with Crippen LogP contribution in [0, 0.1) is 0 Å². The molecule has 2 aromatic heterocycles. The maximum Gasteiger partial charge on any atom is 0.196 e. The molecule has 0 radical (unpaired) electrons. The summed E-state index contributed by atoms with van der Waals surface area (Å²) in [6.45, 7) is 0.580. The lowest BCUT2D eigenvalue weighted by atomic mass is 10.3. The molecule has 5 aromatic rings. The first kappa shape index (κ1) is 18.4. The summed E-state index contributed by atoms with van der Waals surface area (Å²) in [5.41, 5.74) is 4.12. The van der Waals surface area contributed by atoms with Crippen molar-refractivity contribution in [3.63, 3.8) is 0 Å². The summed E-state index contributed by atoms with van der Waals surface area (Å²) in [5.74, 6) is 2.47. The molecule has 0 saturated carbocycles. The van der Waals surface area contributed by atoms with Gasteiger partial charge in [0.2, 0.25) is 0 Å². The summed E-state index contributed by atoms with van der Waals surface area (Å²) in [7, 11) is 0. The summed E-state index contributed by atoms with van der Waals surface area (Å²) in [6.07, 6.45) is 0. The van der Waals surface area contributed by atoms with E-state index < -0.39 is 0 Å². The SMILES string of the molecule is c1ccc(NCc2nnc(SCc3nc4ccccc4[nH]3)n2-c2ccccc2)cc1. The Bertz CT molecular complexity index is 1210. The maximum atomic E-state index is 4.67. The fourth-order valence-corrected chi connectivity index (χ4v) is 4.13. The number of benzene rings is 3. The van der Waals surface area contributed by atoms with Crippen LogP contribution < -0.4 is 5.32 Å². The van der Waals surface area contributed by atoms with Crippen molar-refractivity contribution in [2.75, 3.05) is 5.32 Å². The Morgan fingerprint density at radius 3 is 2.37 bits per heavy atom. The van der Waals surface area contributed by atoms with Crippen LogP contribution in [0.5, 0.6) is 0 Å². The Labute approximate surface area is 178 Å². The second kappa shape index (κ2) is 8.42. The maximum absolute atomic E-state index is 4.67. The number of H-pyrrole nitrogens is 1. The van der Waals surface area contributed by atoms with Crippen LogP contribution in [0.1, 0.15) is 11.6 Å². The minimum absolute atomic E-state index is 0.580. The summed E-state index contributed by atoms with van der Waals surface area (Å²) < 4.78 is 2.10. The number of fused-ring (bicyclic) bond motifs is 1. The van der Waals surface area contributed by atoms with E-state index >= 15 is 0 Å². The van der Waals surface area contributed by atoms with Crippen LogP contribution in [-0.2, 0) is 12.3 Å². The molecule has 3 aromatic carbocycles. The molecule has 2 heterocycles. The molecule has 7 heteroatoms. The van der Waals surface area contributed by atoms with Crippen molar-refractivity contribution in [1.82, 2.24) is 24.7 Å². The fraction of sp³-hybridized carbons (Fsp3) is 0.0870. The molecule has 148 valence electrons. The number of nitrogens with zero attached hydrogens (tertiary/aromatic N) is 4. The zero-order valence-electron chi connectivity index (χ0n) is 16.2. The van der Waals surface area contributed by atoms with Gasteiger partial charge in [-0.1, -0.05) is 60.3 Å². The smallest absolute Gasteiger partial charge is 0.196 e. The van der Waals surface area contributed by atoms with Gasteiger partial charge in [0, 0.05) is 11.4 Å². The first-order valence-corrected chi connectivity index (χ1v) is 10.7. The van der Waals surface area contributed by atoms with Gasteiger partial charge in [-0.15, -0.1) is 10.2 Å². The number of hydrogen-bond donors (Lipinski definition) is 2. The first-order valence-electron chi connectivity index (χ1n) is 9.72. The Morgan fingerprint density at radius 1 is 0.833 bits per heavy atom. The molecular weight excluding hydrogens is 392 g/mol. The average molecular weight is 413 g/mol. The second-order valence-corrected chi connectivity index (χ2v) is 7.72. The second-order valence-electron chi connectivity index (χ2n) is 6.78. The number of aromatic amines is 1. The standard InChI is InChI=1S/C23H20N6S/c1-3-9-17(10-4-1)24-15-22-27-28-23(29(22)18-11-5-2-6-12-18)30-16-21-25-19-13-7-8-14-20(19)26-21/h1-14,24H,15-16H2,(H,25,26). The fourth-order valence-electron chi connectivity index (χ4n) is 3.29. The van der Waals surface area contributed by atoms with E-state index in [2.05, 4.69) is 42.2 Å². The minimum atomic E-state index is 0.580. The molecule has 0 aliphatic heterocycles. The van der Waals surface area contributed by atoms with Crippen molar-refractivity contribution in [3.05, 3.63) is 96.6 Å². The first-order chi connectivity index (χ1) is 14.9. The van der Waals surface area contributed by atoms with Crippen LogP contribution in [0.15, 0.2) is 90.1 Å². The highest BCUT2D eigenvalue weighted by Crippen LogP contribution is 2.25. The van der Waals surface area contributed by atoms with E-state index in [-0.39, 0.29) is 0 Å². The van der Waals surface area contributed by atoms with Gasteiger partial charge in [0.25, 0.3) is 0 Å². The van der Waals surface area contributed by atoms with Crippen molar-refractivity contribution < 1.29 is 0 Å². The average Bonchev–Trinajstić information content (AvgIpc) is 3.41. The lowest BCUT2D eigenvalue weighted by molar-refractivity contribution is 0.840. The lowest BCUT2D eigenvalue weighted by Gasteiger charge is -2.11. The predicted octanol–water partition coefficient (Wildman–Crippen LogP) is 5.05. The van der Waals surface area contributed by atoms with Gasteiger partial charge >= 0.3 is 0 Å². The number of rotatable bonds is 7. The van der Waals surface area contributed by atoms with Crippen LogP contribution in [0.3, 0.4) is 0 Å². The largest absolute Gasteiger partial charge is 0.378 e. The third-order valence-corrected chi connectivity index (χ3v) is 5.66. The van der Waals surface area contributed by atoms with Gasteiger partial charge in [0.05, 0.1) is 23.3 Å². The molecular formula is C23H20N6S.